The number of carbonyl (C=O) groups excluding carboxylic acids is 4. The number of benzene rings is 2. The summed E-state index contributed by atoms with van der Waals surface area (Å²) in [5.74, 6) is -1.29. The first-order valence-electron chi connectivity index (χ1n) is 24.3. The fourth-order valence-electron chi connectivity index (χ4n) is 18.5. The molecule has 66 heavy (non-hydrogen) atoms. The van der Waals surface area contributed by atoms with E-state index < -0.39 is 73.3 Å². The average molecular weight is 890 g/mol. The Kier molecular flexibility index (Phi) is 6.09. The van der Waals surface area contributed by atoms with E-state index >= 15 is 24.4 Å². The van der Waals surface area contributed by atoms with Gasteiger partial charge in [-0.15, -0.1) is 0 Å². The molecule has 5 spiro atoms. The van der Waals surface area contributed by atoms with Gasteiger partial charge in [-0.05, 0) is 140 Å². The molecule has 6 unspecified atom stereocenters. The maximum Gasteiger partial charge on any atom is 0.250 e. The lowest BCUT2D eigenvalue weighted by Gasteiger charge is -2.70. The number of rotatable bonds is 0. The second-order valence-electron chi connectivity index (χ2n) is 24.5. The molecule has 1 aromatic heterocycles. The topological polar surface area (TPSA) is 148 Å². The van der Waals surface area contributed by atoms with E-state index in [2.05, 4.69) is 27.7 Å². The van der Waals surface area contributed by atoms with Gasteiger partial charge in [0.1, 0.15) is 44.7 Å². The molecule has 13 nitrogen and oxygen atoms in total. The lowest BCUT2D eigenvalue weighted by Crippen LogP contribution is -2.87. The number of nitrogens with zero attached hydrogens (tertiary/aromatic N) is 5. The van der Waals surface area contributed by atoms with Gasteiger partial charge in [0.25, 0.3) is 0 Å². The van der Waals surface area contributed by atoms with Crippen LogP contribution in [0.5, 0.6) is 11.5 Å². The van der Waals surface area contributed by atoms with Gasteiger partial charge in [-0.1, -0.05) is 13.8 Å². The smallest absolute Gasteiger partial charge is 0.250 e. The molecule has 1 N–H and O–H groups in total. The molecule has 0 radical (unpaired) electrons. The Morgan fingerprint density at radius 2 is 1.36 bits per heavy atom. The van der Waals surface area contributed by atoms with Gasteiger partial charge in [-0.25, -0.2) is 0 Å². The zero-order chi connectivity index (χ0) is 45.8. The number of piperidine rings is 4. The summed E-state index contributed by atoms with van der Waals surface area (Å²) in [5.41, 5.74) is -5.28. The average Bonchev–Trinajstić information content (AvgIpc) is 4.05. The minimum Gasteiger partial charge on any atom is -0.618 e. The number of aromatic nitrogens is 1. The second kappa shape index (κ2) is 10.4. The molecule has 3 aliphatic carbocycles. The van der Waals surface area contributed by atoms with E-state index in [0.717, 1.165) is 4.74 Å². The van der Waals surface area contributed by atoms with Crippen molar-refractivity contribution in [2.75, 3.05) is 13.1 Å². The van der Waals surface area contributed by atoms with Gasteiger partial charge in [0.15, 0.2) is 11.5 Å². The fraction of sp³-hybridized carbons (Fsp3) is 0.566. The Morgan fingerprint density at radius 1 is 0.742 bits per heavy atom. The molecule has 4 bridgehead atoms. The van der Waals surface area contributed by atoms with Crippen LogP contribution in [0.2, 0.25) is 0 Å². The number of fused-ring (bicyclic) bond motifs is 10. The molecule has 17 rings (SSSR count). The minimum absolute atomic E-state index is 0.0197. The van der Waals surface area contributed by atoms with Crippen molar-refractivity contribution < 1.29 is 38.6 Å². The first kappa shape index (κ1) is 38.5. The molecular weight excluding hydrogens is 835 g/mol. The molecule has 8 saturated heterocycles. The van der Waals surface area contributed by atoms with Crippen molar-refractivity contribution in [3.8, 4) is 11.5 Å². The molecule has 2 aromatic carbocycles. The third-order valence-corrected chi connectivity index (χ3v) is 20.4. The van der Waals surface area contributed by atoms with Crippen molar-refractivity contribution in [2.45, 2.75) is 151 Å². The summed E-state index contributed by atoms with van der Waals surface area (Å²) in [6, 6.07) is 6.73. The molecule has 10 fully saturated rings. The molecule has 340 valence electrons. The first-order valence-corrected chi connectivity index (χ1v) is 24.3. The van der Waals surface area contributed by atoms with E-state index in [9.17, 15) is 5.21 Å². The summed E-state index contributed by atoms with van der Waals surface area (Å²) in [5, 5.41) is 30.3. The van der Waals surface area contributed by atoms with Crippen LogP contribution in [0, 0.1) is 27.9 Å². The van der Waals surface area contributed by atoms with E-state index in [1.54, 1.807) is 0 Å². The number of hydrogen-bond acceptors (Lipinski definition) is 8. The number of piperazine rings is 1. The van der Waals surface area contributed by atoms with Crippen LogP contribution in [0.3, 0.4) is 0 Å². The predicted molar refractivity (Wildman–Crippen MR) is 242 cm³/mol. The highest BCUT2D eigenvalue weighted by Crippen LogP contribution is 2.83. The van der Waals surface area contributed by atoms with Crippen molar-refractivity contribution in [3.63, 3.8) is 0 Å². The Bertz CT molecular complexity index is 3130. The van der Waals surface area contributed by atoms with E-state index in [4.69, 9.17) is 9.47 Å². The van der Waals surface area contributed by atoms with Crippen molar-refractivity contribution in [1.82, 2.24) is 19.4 Å². The SMILES string of the molecule is CC1(C)C=Cc2c(ccc3c2[N+]([O-])=C2C(C)(C)[C@H]4CC56CCCN5C(=O)C4(CC6=O)C4N5C(=O)C67CCCN6C(=O)[C@]56C(C7)C(C)(C)c5c(c7ccc8c(c7n5O)C=CC(C)(C)O8)[C@H]6C234)O1. The highest BCUT2D eigenvalue weighted by Gasteiger charge is 2.95. The maximum absolute atomic E-state index is 16.8. The molecule has 2 saturated carbocycles. The third kappa shape index (κ3) is 3.42. The van der Waals surface area contributed by atoms with Crippen LogP contribution in [-0.4, -0.2) is 106 Å². The quantitative estimate of drug-likeness (QED) is 0.146. The van der Waals surface area contributed by atoms with Gasteiger partial charge in [0.05, 0.1) is 33.6 Å². The van der Waals surface area contributed by atoms with E-state index in [1.165, 1.54) is 4.73 Å². The van der Waals surface area contributed by atoms with E-state index in [1.807, 2.05) is 91.0 Å². The molecule has 11 aliphatic heterocycles. The van der Waals surface area contributed by atoms with Crippen LogP contribution in [0.1, 0.15) is 134 Å². The molecule has 13 heteroatoms. The lowest BCUT2D eigenvalue weighted by atomic mass is 9.35. The summed E-state index contributed by atoms with van der Waals surface area (Å²) in [6.45, 7) is 17.2. The van der Waals surface area contributed by atoms with Crippen LogP contribution in [-0.2, 0) is 30.0 Å². The van der Waals surface area contributed by atoms with Crippen molar-refractivity contribution in [1.29, 1.82) is 0 Å². The van der Waals surface area contributed by atoms with Gasteiger partial charge in [0, 0.05) is 53.3 Å². The number of ether oxygens (including phenoxy) is 2. The van der Waals surface area contributed by atoms with Crippen molar-refractivity contribution in [3.05, 3.63) is 69.6 Å². The van der Waals surface area contributed by atoms with Crippen LogP contribution < -0.4 is 9.47 Å². The van der Waals surface area contributed by atoms with Crippen molar-refractivity contribution in [2.24, 2.45) is 22.7 Å². The third-order valence-electron chi connectivity index (χ3n) is 20.4. The summed E-state index contributed by atoms with van der Waals surface area (Å²) in [7, 11) is 0. The Balaban J connectivity index is 1.16. The Hall–Kier alpha value is -5.59. The predicted octanol–water partition coefficient (Wildman–Crippen LogP) is 6.88. The summed E-state index contributed by atoms with van der Waals surface area (Å²) in [4.78, 5) is 70.8. The van der Waals surface area contributed by atoms with Gasteiger partial charge < -0.3 is 34.6 Å². The number of Topliss-reactive ketones (excluding diaryl/α,β-unsaturated/α-hetero) is 1. The Morgan fingerprint density at radius 3 is 2.08 bits per heavy atom. The highest BCUT2D eigenvalue weighted by molar-refractivity contribution is 6.17. The maximum atomic E-state index is 16.8. The minimum atomic E-state index is -1.61. The molecular formula is C53H55N5O8. The summed E-state index contributed by atoms with van der Waals surface area (Å²) >= 11 is 0. The zero-order valence-corrected chi connectivity index (χ0v) is 38.8. The van der Waals surface area contributed by atoms with Crippen LogP contribution >= 0.6 is 0 Å². The summed E-state index contributed by atoms with van der Waals surface area (Å²) in [6.07, 6.45) is 11.0. The summed E-state index contributed by atoms with van der Waals surface area (Å²) < 4.78 is 15.6. The molecule has 3 amide bonds. The number of carbonyl (C=O) groups is 4. The van der Waals surface area contributed by atoms with Gasteiger partial charge in [-0.2, -0.15) is 9.47 Å². The molecule has 14 aliphatic rings. The number of amides is 3. The van der Waals surface area contributed by atoms with E-state index in [0.29, 0.717) is 113 Å². The first-order chi connectivity index (χ1) is 31.1. The largest absolute Gasteiger partial charge is 0.618 e. The molecule has 12 heterocycles. The lowest BCUT2D eigenvalue weighted by molar-refractivity contribution is -0.367. The van der Waals surface area contributed by atoms with Gasteiger partial charge in [0.2, 0.25) is 23.4 Å². The van der Waals surface area contributed by atoms with Crippen LogP contribution in [0.15, 0.2) is 36.4 Å². The standard InChI is InChI=1S/C53H55N5O8/c1-45(2)19-15-26-30(65-45)13-11-28-35-38-52-29-12-14-31-27(16-20-46(3,4)66-31)37(29)58(64)40(52)48(7,8)32-23-49-17-9-21-54(49)43(61)51(32,25-34(49)59)41(52)56-42(60)50-18-10-22-55(50)44(62)53(38,56)33(24-50)47(5,6)39(35)57(63)36(26)28/h11-16,19-20,32-33,38,41,63H,9-10,17-18,21-25H2,1-8H3/t32-,33?,38+,41?,49?,50?,51?,52?,53-/m1/s1. The molecule has 9 atom stereocenters. The van der Waals surface area contributed by atoms with Crippen LogP contribution in [0.25, 0.3) is 23.1 Å². The monoisotopic (exact) mass is 889 g/mol. The molecule has 3 aromatic rings. The Labute approximate surface area is 382 Å². The fourth-order valence-corrected chi connectivity index (χ4v) is 18.5. The van der Waals surface area contributed by atoms with Crippen molar-refractivity contribution >= 4 is 58.0 Å². The van der Waals surface area contributed by atoms with Crippen LogP contribution in [0.4, 0.5) is 5.69 Å². The number of ketones is 1. The zero-order valence-electron chi connectivity index (χ0n) is 38.8. The van der Waals surface area contributed by atoms with Gasteiger partial charge >= 0.3 is 0 Å². The second-order valence-corrected chi connectivity index (χ2v) is 24.5. The number of hydrogen-bond donors (Lipinski definition) is 1. The van der Waals surface area contributed by atoms with Gasteiger partial charge in [-0.3, -0.25) is 19.2 Å². The highest BCUT2D eigenvalue weighted by atomic mass is 16.5. The normalized spacial score (nSPS) is 40.6. The van der Waals surface area contributed by atoms with E-state index in [-0.39, 0.29) is 29.9 Å².